The van der Waals surface area contributed by atoms with Crippen LogP contribution in [0.25, 0.3) is 0 Å². The number of anilines is 1. The summed E-state index contributed by atoms with van der Waals surface area (Å²) in [5, 5.41) is 11.7. The number of amidine groups is 1. The van der Waals surface area contributed by atoms with Crippen LogP contribution < -0.4 is 10.6 Å². The molecule has 0 aliphatic carbocycles. The predicted molar refractivity (Wildman–Crippen MR) is 72.0 cm³/mol. The van der Waals surface area contributed by atoms with Crippen molar-refractivity contribution in [3.8, 4) is 0 Å². The topological polar surface area (TPSA) is 74.7 Å². The maximum absolute atomic E-state index is 8.69. The molecule has 1 fully saturated rings. The molecule has 5 nitrogen and oxygen atoms in total. The average Bonchev–Trinajstić information content (AvgIpc) is 2.41. The summed E-state index contributed by atoms with van der Waals surface area (Å²) in [5.74, 6) is 1.61. The molecule has 5 heteroatoms. The van der Waals surface area contributed by atoms with Crippen molar-refractivity contribution in [2.75, 3.05) is 11.4 Å². The third-order valence-corrected chi connectivity index (χ3v) is 3.77. The van der Waals surface area contributed by atoms with E-state index < -0.39 is 0 Å². The van der Waals surface area contributed by atoms with Gasteiger partial charge < -0.3 is 15.8 Å². The molecule has 2 heterocycles. The van der Waals surface area contributed by atoms with Crippen LogP contribution in [0.4, 0.5) is 5.82 Å². The lowest BCUT2D eigenvalue weighted by Gasteiger charge is -2.38. The number of aromatic nitrogens is 1. The fraction of sp³-hybridized carbons (Fsp3) is 0.538. The Kier molecular flexibility index (Phi) is 3.69. The van der Waals surface area contributed by atoms with Crippen molar-refractivity contribution < 1.29 is 5.21 Å². The molecule has 1 saturated heterocycles. The van der Waals surface area contributed by atoms with E-state index in [0.717, 1.165) is 12.4 Å². The van der Waals surface area contributed by atoms with Crippen LogP contribution in [-0.2, 0) is 0 Å². The fourth-order valence-corrected chi connectivity index (χ4v) is 2.44. The molecule has 3 N–H and O–H groups in total. The van der Waals surface area contributed by atoms with E-state index >= 15 is 0 Å². The number of hydrogen-bond donors (Lipinski definition) is 2. The number of nitrogens with zero attached hydrogens (tertiary/aromatic N) is 3. The molecule has 0 amide bonds. The average molecular weight is 248 g/mol. The van der Waals surface area contributed by atoms with Crippen molar-refractivity contribution in [3.05, 3.63) is 23.9 Å². The van der Waals surface area contributed by atoms with Gasteiger partial charge in [0, 0.05) is 12.6 Å². The SMILES string of the molecule is CC1CCCN(c2cccc(C(N)=NO)n2)C1C. The Morgan fingerprint density at radius 1 is 1.50 bits per heavy atom. The number of oxime groups is 1. The highest BCUT2D eigenvalue weighted by Gasteiger charge is 2.25. The molecule has 1 aliphatic rings. The van der Waals surface area contributed by atoms with Crippen molar-refractivity contribution in [3.63, 3.8) is 0 Å². The minimum Gasteiger partial charge on any atom is -0.409 e. The van der Waals surface area contributed by atoms with E-state index in [1.807, 2.05) is 12.1 Å². The van der Waals surface area contributed by atoms with Crippen LogP contribution in [0.2, 0.25) is 0 Å². The zero-order chi connectivity index (χ0) is 13.1. The molecule has 18 heavy (non-hydrogen) atoms. The zero-order valence-electron chi connectivity index (χ0n) is 10.9. The van der Waals surface area contributed by atoms with Crippen LogP contribution in [-0.4, -0.2) is 28.6 Å². The molecular formula is C13H20N4O. The lowest BCUT2D eigenvalue weighted by molar-refractivity contribution is 0.318. The van der Waals surface area contributed by atoms with Gasteiger partial charge in [0.1, 0.15) is 11.5 Å². The number of piperidine rings is 1. The van der Waals surface area contributed by atoms with Crippen molar-refractivity contribution in [1.29, 1.82) is 0 Å². The van der Waals surface area contributed by atoms with Crippen molar-refractivity contribution >= 4 is 11.7 Å². The monoisotopic (exact) mass is 248 g/mol. The summed E-state index contributed by atoms with van der Waals surface area (Å²) in [6, 6.07) is 6.08. The Hall–Kier alpha value is -1.78. The van der Waals surface area contributed by atoms with Gasteiger partial charge in [-0.15, -0.1) is 0 Å². The van der Waals surface area contributed by atoms with E-state index in [0.29, 0.717) is 17.7 Å². The highest BCUT2D eigenvalue weighted by molar-refractivity contribution is 5.95. The van der Waals surface area contributed by atoms with Crippen LogP contribution in [0.1, 0.15) is 32.4 Å². The van der Waals surface area contributed by atoms with Crippen molar-refractivity contribution in [2.24, 2.45) is 16.8 Å². The first-order valence-corrected chi connectivity index (χ1v) is 6.35. The highest BCUT2D eigenvalue weighted by atomic mass is 16.4. The zero-order valence-corrected chi connectivity index (χ0v) is 10.9. The first-order chi connectivity index (χ1) is 8.63. The minimum atomic E-state index is 0.0505. The van der Waals surface area contributed by atoms with Gasteiger partial charge in [-0.25, -0.2) is 4.98 Å². The Morgan fingerprint density at radius 3 is 3.00 bits per heavy atom. The van der Waals surface area contributed by atoms with Gasteiger partial charge in [-0.3, -0.25) is 0 Å². The molecule has 0 bridgehead atoms. The van der Waals surface area contributed by atoms with Gasteiger partial charge in [0.05, 0.1) is 0 Å². The van der Waals surface area contributed by atoms with Crippen LogP contribution >= 0.6 is 0 Å². The molecule has 0 radical (unpaired) electrons. The van der Waals surface area contributed by atoms with E-state index in [4.69, 9.17) is 10.9 Å². The second kappa shape index (κ2) is 5.25. The Labute approximate surface area is 107 Å². The third kappa shape index (κ3) is 2.39. The normalized spacial score (nSPS) is 25.2. The van der Waals surface area contributed by atoms with Gasteiger partial charge in [-0.1, -0.05) is 18.1 Å². The first kappa shape index (κ1) is 12.7. The standard InChI is InChI=1S/C13H20N4O/c1-9-5-4-8-17(10(9)2)12-7-3-6-11(15-12)13(14)16-18/h3,6-7,9-10,18H,4-5,8H2,1-2H3,(H2,14,16). The molecular weight excluding hydrogens is 228 g/mol. The quantitative estimate of drug-likeness (QED) is 0.362. The summed E-state index contributed by atoms with van der Waals surface area (Å²) >= 11 is 0. The Balaban J connectivity index is 2.27. The molecule has 0 spiro atoms. The molecule has 1 aliphatic heterocycles. The summed E-state index contributed by atoms with van der Waals surface area (Å²) in [4.78, 5) is 6.76. The molecule has 98 valence electrons. The Bertz CT molecular complexity index is 446. The molecule has 0 saturated carbocycles. The minimum absolute atomic E-state index is 0.0505. The largest absolute Gasteiger partial charge is 0.409 e. The summed E-state index contributed by atoms with van der Waals surface area (Å²) < 4.78 is 0. The molecule has 0 aromatic carbocycles. The van der Waals surface area contributed by atoms with Crippen LogP contribution in [0.15, 0.2) is 23.4 Å². The highest BCUT2D eigenvalue weighted by Crippen LogP contribution is 2.27. The van der Waals surface area contributed by atoms with Crippen LogP contribution in [0, 0.1) is 5.92 Å². The maximum atomic E-state index is 8.69. The van der Waals surface area contributed by atoms with Gasteiger partial charge in [0.2, 0.25) is 0 Å². The van der Waals surface area contributed by atoms with Crippen LogP contribution in [0.5, 0.6) is 0 Å². The smallest absolute Gasteiger partial charge is 0.188 e. The van der Waals surface area contributed by atoms with Gasteiger partial charge in [0.15, 0.2) is 5.84 Å². The van der Waals surface area contributed by atoms with Crippen molar-refractivity contribution in [2.45, 2.75) is 32.7 Å². The van der Waals surface area contributed by atoms with E-state index in [2.05, 4.69) is 28.9 Å². The second-order valence-corrected chi connectivity index (χ2v) is 4.92. The number of rotatable bonds is 2. The van der Waals surface area contributed by atoms with Gasteiger partial charge in [-0.2, -0.15) is 0 Å². The molecule has 2 rings (SSSR count). The lowest BCUT2D eigenvalue weighted by atomic mass is 9.92. The molecule has 2 unspecified atom stereocenters. The van der Waals surface area contributed by atoms with Gasteiger partial charge >= 0.3 is 0 Å². The summed E-state index contributed by atoms with van der Waals surface area (Å²) in [7, 11) is 0. The van der Waals surface area contributed by atoms with Gasteiger partial charge in [0.25, 0.3) is 0 Å². The first-order valence-electron chi connectivity index (χ1n) is 6.35. The summed E-state index contributed by atoms with van der Waals surface area (Å²) in [6.45, 7) is 5.50. The predicted octanol–water partition coefficient (Wildman–Crippen LogP) is 1.80. The van der Waals surface area contributed by atoms with E-state index in [1.165, 1.54) is 12.8 Å². The maximum Gasteiger partial charge on any atom is 0.188 e. The summed E-state index contributed by atoms with van der Waals surface area (Å²) in [6.07, 6.45) is 2.44. The van der Waals surface area contributed by atoms with E-state index in [9.17, 15) is 0 Å². The van der Waals surface area contributed by atoms with Crippen molar-refractivity contribution in [1.82, 2.24) is 4.98 Å². The number of hydrogen-bond acceptors (Lipinski definition) is 4. The molecule has 2 atom stereocenters. The molecule has 1 aromatic heterocycles. The van der Waals surface area contributed by atoms with Gasteiger partial charge in [-0.05, 0) is 37.8 Å². The number of nitrogens with two attached hydrogens (primary N) is 1. The van der Waals surface area contributed by atoms with E-state index in [-0.39, 0.29) is 5.84 Å². The Morgan fingerprint density at radius 2 is 2.28 bits per heavy atom. The lowest BCUT2D eigenvalue weighted by Crippen LogP contribution is -2.43. The second-order valence-electron chi connectivity index (χ2n) is 4.92. The molecule has 1 aromatic rings. The summed E-state index contributed by atoms with van der Waals surface area (Å²) in [5.41, 5.74) is 6.09. The third-order valence-electron chi connectivity index (χ3n) is 3.77. The van der Waals surface area contributed by atoms with E-state index in [1.54, 1.807) is 6.07 Å². The number of pyridine rings is 1. The fourth-order valence-electron chi connectivity index (χ4n) is 2.44. The van der Waals surface area contributed by atoms with Crippen LogP contribution in [0.3, 0.4) is 0 Å².